The van der Waals surface area contributed by atoms with Crippen LogP contribution in [0.4, 0.5) is 9.59 Å². The number of piperidine rings is 2. The van der Waals surface area contributed by atoms with Crippen molar-refractivity contribution in [2.75, 3.05) is 6.79 Å². The first-order chi connectivity index (χ1) is 14.0. The first kappa shape index (κ1) is 25.6. The first-order valence-electron chi connectivity index (χ1n) is 10.6. The van der Waals surface area contributed by atoms with Gasteiger partial charge in [0.15, 0.2) is 0 Å². The molecule has 2 aliphatic heterocycles. The highest BCUT2D eigenvalue weighted by molar-refractivity contribution is 5.62. The zero-order valence-corrected chi connectivity index (χ0v) is 19.9. The Morgan fingerprint density at radius 3 is 1.19 bits per heavy atom. The maximum atomic E-state index is 12.0. The van der Waals surface area contributed by atoms with E-state index in [0.717, 1.165) is 0 Å². The summed E-state index contributed by atoms with van der Waals surface area (Å²) in [5, 5.41) is 23.2. The molecule has 2 fully saturated rings. The molecule has 0 amide bonds. The summed E-state index contributed by atoms with van der Waals surface area (Å²) >= 11 is 0. The van der Waals surface area contributed by atoms with Crippen LogP contribution in [0.5, 0.6) is 0 Å². The van der Waals surface area contributed by atoms with Gasteiger partial charge in [0, 0.05) is 47.8 Å². The fourth-order valence-electron chi connectivity index (χ4n) is 4.99. The Balaban J connectivity index is 1.77. The molecular weight excluding hydrogens is 408 g/mol. The van der Waals surface area contributed by atoms with Crippen molar-refractivity contribution in [2.45, 2.75) is 115 Å². The number of hydrogen-bond acceptors (Lipinski definition) is 10. The number of hydroxylamine groups is 4. The quantitative estimate of drug-likeness (QED) is 0.483. The third-order valence-corrected chi connectivity index (χ3v) is 6.08. The van der Waals surface area contributed by atoms with E-state index in [1.54, 1.807) is 0 Å². The molecule has 2 aliphatic rings. The summed E-state index contributed by atoms with van der Waals surface area (Å²) < 4.78 is 20.4. The molecular formula is C21H38N2O8. The normalized spacial score (nSPS) is 26.1. The van der Waals surface area contributed by atoms with Crippen LogP contribution in [0.15, 0.2) is 0 Å². The van der Waals surface area contributed by atoms with E-state index in [0.29, 0.717) is 25.7 Å². The Bertz CT molecular complexity index is 584. The number of rotatable bonds is 4. The van der Waals surface area contributed by atoms with Crippen LogP contribution in [0.25, 0.3) is 0 Å². The van der Waals surface area contributed by atoms with Crippen molar-refractivity contribution >= 4 is 12.3 Å². The number of carbonyl (C=O) groups excluding carboxylic acids is 2. The minimum atomic E-state index is -0.952. The van der Waals surface area contributed by atoms with Gasteiger partial charge in [0.2, 0.25) is 6.79 Å². The van der Waals surface area contributed by atoms with Gasteiger partial charge in [-0.3, -0.25) is 0 Å². The molecule has 10 nitrogen and oxygen atoms in total. The molecule has 10 heteroatoms. The summed E-state index contributed by atoms with van der Waals surface area (Å²) in [5.74, 6) is 0. The Hall–Kier alpha value is -1.62. The van der Waals surface area contributed by atoms with Crippen LogP contribution >= 0.6 is 0 Å². The molecule has 2 N–H and O–H groups in total. The van der Waals surface area contributed by atoms with E-state index in [9.17, 15) is 20.0 Å². The van der Waals surface area contributed by atoms with Gasteiger partial charge in [-0.2, -0.15) is 10.1 Å². The van der Waals surface area contributed by atoms with E-state index >= 15 is 0 Å². The lowest BCUT2D eigenvalue weighted by molar-refractivity contribution is -0.259. The van der Waals surface area contributed by atoms with Gasteiger partial charge in [0.25, 0.3) is 0 Å². The highest BCUT2D eigenvalue weighted by Crippen LogP contribution is 2.39. The van der Waals surface area contributed by atoms with Crippen LogP contribution in [0.1, 0.15) is 81.1 Å². The zero-order valence-electron chi connectivity index (χ0n) is 19.9. The van der Waals surface area contributed by atoms with Crippen LogP contribution in [-0.2, 0) is 18.9 Å². The SMILES string of the molecule is CC1(C)CC(OC(=O)OCOC(=O)OC2CC(C)(C)N(O)C(C)(C)C2)CC(C)(C)N1O. The van der Waals surface area contributed by atoms with Crippen LogP contribution in [0, 0.1) is 0 Å². The number of nitrogens with zero attached hydrogens (tertiary/aromatic N) is 2. The lowest BCUT2D eigenvalue weighted by Crippen LogP contribution is -2.60. The predicted octanol–water partition coefficient (Wildman–Crippen LogP) is 4.07. The number of carbonyl (C=O) groups is 2. The van der Waals surface area contributed by atoms with Crippen molar-refractivity contribution in [1.82, 2.24) is 10.1 Å². The first-order valence-corrected chi connectivity index (χ1v) is 10.6. The van der Waals surface area contributed by atoms with Crippen molar-refractivity contribution < 1.29 is 39.0 Å². The van der Waals surface area contributed by atoms with E-state index in [-0.39, 0.29) is 0 Å². The van der Waals surface area contributed by atoms with Gasteiger partial charge in [0.1, 0.15) is 12.2 Å². The molecule has 31 heavy (non-hydrogen) atoms. The van der Waals surface area contributed by atoms with Gasteiger partial charge < -0.3 is 29.4 Å². The van der Waals surface area contributed by atoms with Gasteiger partial charge in [-0.25, -0.2) is 9.59 Å². The molecule has 0 aliphatic carbocycles. The minimum Gasteiger partial charge on any atom is -0.431 e. The van der Waals surface area contributed by atoms with Crippen LogP contribution in [-0.4, -0.2) is 74.0 Å². The van der Waals surface area contributed by atoms with Crippen molar-refractivity contribution in [3.63, 3.8) is 0 Å². The van der Waals surface area contributed by atoms with Gasteiger partial charge >= 0.3 is 12.3 Å². The summed E-state index contributed by atoms with van der Waals surface area (Å²) in [6, 6.07) is 0. The lowest BCUT2D eigenvalue weighted by Gasteiger charge is -2.50. The molecule has 0 unspecified atom stereocenters. The summed E-state index contributed by atoms with van der Waals surface area (Å²) in [4.78, 5) is 24.0. The van der Waals surface area contributed by atoms with Crippen molar-refractivity contribution in [3.8, 4) is 0 Å². The lowest BCUT2D eigenvalue weighted by atomic mass is 9.80. The fraction of sp³-hybridized carbons (Fsp3) is 0.905. The highest BCUT2D eigenvalue weighted by Gasteiger charge is 2.47. The van der Waals surface area contributed by atoms with E-state index in [1.807, 2.05) is 55.4 Å². The monoisotopic (exact) mass is 446 g/mol. The molecule has 0 spiro atoms. The van der Waals surface area contributed by atoms with E-state index < -0.39 is 53.5 Å². The molecule has 2 saturated heterocycles. The van der Waals surface area contributed by atoms with E-state index in [1.165, 1.54) is 10.1 Å². The third kappa shape index (κ3) is 6.21. The number of ether oxygens (including phenoxy) is 4. The second-order valence-corrected chi connectivity index (χ2v) is 11.1. The molecule has 0 atom stereocenters. The Labute approximate surface area is 184 Å². The molecule has 180 valence electrons. The molecule has 0 aromatic rings. The number of hydrogen-bond donors (Lipinski definition) is 2. The topological polar surface area (TPSA) is 118 Å². The molecule has 0 radical (unpaired) electrons. The molecule has 2 heterocycles. The second kappa shape index (κ2) is 8.73. The second-order valence-electron chi connectivity index (χ2n) is 11.1. The summed E-state index contributed by atoms with van der Waals surface area (Å²) in [6.45, 7) is 14.2. The standard InChI is InChI=1S/C21H38N2O8/c1-18(2)9-14(10-19(3,4)22(18)26)30-16(24)28-13-29-17(25)31-15-11-20(5,6)23(27)21(7,8)12-15/h14-15,26-27H,9-13H2,1-8H3. The van der Waals surface area contributed by atoms with E-state index in [4.69, 9.17) is 18.9 Å². The Kier molecular flexibility index (Phi) is 7.22. The summed E-state index contributed by atoms with van der Waals surface area (Å²) in [6.07, 6.45) is -1.07. The Morgan fingerprint density at radius 2 is 0.935 bits per heavy atom. The maximum Gasteiger partial charge on any atom is 0.511 e. The van der Waals surface area contributed by atoms with Crippen LogP contribution in [0.2, 0.25) is 0 Å². The maximum absolute atomic E-state index is 12.0. The predicted molar refractivity (Wildman–Crippen MR) is 110 cm³/mol. The van der Waals surface area contributed by atoms with Crippen LogP contribution < -0.4 is 0 Å². The van der Waals surface area contributed by atoms with Gasteiger partial charge in [-0.05, 0) is 55.4 Å². The highest BCUT2D eigenvalue weighted by atomic mass is 16.8. The Morgan fingerprint density at radius 1 is 0.677 bits per heavy atom. The summed E-state index contributed by atoms with van der Waals surface area (Å²) in [5.41, 5.74) is -2.28. The van der Waals surface area contributed by atoms with Gasteiger partial charge in [-0.15, -0.1) is 0 Å². The smallest absolute Gasteiger partial charge is 0.431 e. The van der Waals surface area contributed by atoms with Gasteiger partial charge in [-0.1, -0.05) is 0 Å². The van der Waals surface area contributed by atoms with Crippen molar-refractivity contribution in [3.05, 3.63) is 0 Å². The molecule has 0 aromatic carbocycles. The van der Waals surface area contributed by atoms with Gasteiger partial charge in [0.05, 0.1) is 0 Å². The largest absolute Gasteiger partial charge is 0.511 e. The average Bonchev–Trinajstić information content (AvgIpc) is 2.56. The van der Waals surface area contributed by atoms with Crippen molar-refractivity contribution in [1.29, 1.82) is 0 Å². The zero-order chi connectivity index (χ0) is 23.8. The average molecular weight is 447 g/mol. The molecule has 0 aromatic heterocycles. The minimum absolute atomic E-state index is 0.431. The fourth-order valence-corrected chi connectivity index (χ4v) is 4.99. The molecule has 2 rings (SSSR count). The van der Waals surface area contributed by atoms with E-state index in [2.05, 4.69) is 0 Å². The third-order valence-electron chi connectivity index (χ3n) is 6.08. The molecule has 0 saturated carbocycles. The van der Waals surface area contributed by atoms with Crippen molar-refractivity contribution in [2.24, 2.45) is 0 Å². The molecule has 0 bridgehead atoms. The summed E-state index contributed by atoms with van der Waals surface area (Å²) in [7, 11) is 0. The van der Waals surface area contributed by atoms with Crippen LogP contribution in [0.3, 0.4) is 0 Å².